The maximum atomic E-state index is 14.0. The molecule has 1 aliphatic heterocycles. The summed E-state index contributed by atoms with van der Waals surface area (Å²) in [4.78, 5) is 19.8. The lowest BCUT2D eigenvalue weighted by molar-refractivity contribution is -0.130. The maximum Gasteiger partial charge on any atom is 0.219 e. The standard InChI is InChI=1S/C17H22FN5O.HI/c1-3-20-17(23-8-6-22(7-9-23)13(2)24)21-12-15-5-4-14(11-19)10-16(15)18;/h4-5,10H,3,6-9,12H2,1-2H3,(H,20,21);1H. The van der Waals surface area contributed by atoms with E-state index in [1.165, 1.54) is 6.07 Å². The smallest absolute Gasteiger partial charge is 0.219 e. The summed E-state index contributed by atoms with van der Waals surface area (Å²) in [5.74, 6) is 0.371. The fourth-order valence-corrected chi connectivity index (χ4v) is 2.56. The molecule has 1 amide bonds. The fraction of sp³-hybridized carbons (Fsp3) is 0.471. The molecule has 0 spiro atoms. The van der Waals surface area contributed by atoms with E-state index in [4.69, 9.17) is 5.26 Å². The zero-order chi connectivity index (χ0) is 17.5. The van der Waals surface area contributed by atoms with Crippen LogP contribution in [0.5, 0.6) is 0 Å². The van der Waals surface area contributed by atoms with Gasteiger partial charge in [0.15, 0.2) is 5.96 Å². The summed E-state index contributed by atoms with van der Waals surface area (Å²) in [7, 11) is 0. The van der Waals surface area contributed by atoms with Gasteiger partial charge in [-0.3, -0.25) is 4.79 Å². The summed E-state index contributed by atoms with van der Waals surface area (Å²) in [6, 6.07) is 6.32. The second-order valence-corrected chi connectivity index (χ2v) is 5.58. The zero-order valence-corrected chi connectivity index (χ0v) is 16.8. The van der Waals surface area contributed by atoms with E-state index in [-0.39, 0.29) is 36.4 Å². The highest BCUT2D eigenvalue weighted by atomic mass is 127. The van der Waals surface area contributed by atoms with Crippen LogP contribution in [0.4, 0.5) is 4.39 Å². The van der Waals surface area contributed by atoms with Crippen molar-refractivity contribution < 1.29 is 9.18 Å². The number of benzene rings is 1. The molecule has 0 bridgehead atoms. The number of carbonyl (C=O) groups excluding carboxylic acids is 1. The van der Waals surface area contributed by atoms with Gasteiger partial charge < -0.3 is 15.1 Å². The molecule has 1 saturated heterocycles. The van der Waals surface area contributed by atoms with Gasteiger partial charge in [-0.25, -0.2) is 9.38 Å². The molecular formula is C17H23FIN5O. The van der Waals surface area contributed by atoms with Crippen molar-refractivity contribution in [1.82, 2.24) is 15.1 Å². The number of piperazine rings is 1. The number of nitrogens with one attached hydrogen (secondary N) is 1. The molecule has 1 aromatic carbocycles. The molecule has 25 heavy (non-hydrogen) atoms. The van der Waals surface area contributed by atoms with Crippen LogP contribution in [-0.2, 0) is 11.3 Å². The number of halogens is 2. The van der Waals surface area contributed by atoms with Crippen molar-refractivity contribution in [2.24, 2.45) is 4.99 Å². The van der Waals surface area contributed by atoms with Crippen LogP contribution in [0.15, 0.2) is 23.2 Å². The van der Waals surface area contributed by atoms with Crippen LogP contribution >= 0.6 is 24.0 Å². The van der Waals surface area contributed by atoms with Crippen LogP contribution < -0.4 is 5.32 Å². The molecule has 1 aliphatic rings. The number of guanidine groups is 1. The third kappa shape index (κ3) is 5.85. The van der Waals surface area contributed by atoms with Crippen molar-refractivity contribution in [2.75, 3.05) is 32.7 Å². The van der Waals surface area contributed by atoms with Crippen molar-refractivity contribution in [1.29, 1.82) is 5.26 Å². The molecule has 0 atom stereocenters. The van der Waals surface area contributed by atoms with Gasteiger partial charge >= 0.3 is 0 Å². The predicted molar refractivity (Wildman–Crippen MR) is 105 cm³/mol. The summed E-state index contributed by atoms with van der Waals surface area (Å²) < 4.78 is 14.0. The van der Waals surface area contributed by atoms with Crippen LogP contribution in [0.1, 0.15) is 25.0 Å². The Labute approximate surface area is 164 Å². The highest BCUT2D eigenvalue weighted by Crippen LogP contribution is 2.12. The number of hydrogen-bond donors (Lipinski definition) is 1. The molecule has 0 unspecified atom stereocenters. The lowest BCUT2D eigenvalue weighted by Gasteiger charge is -2.36. The first-order chi connectivity index (χ1) is 11.5. The highest BCUT2D eigenvalue weighted by molar-refractivity contribution is 14.0. The molecule has 136 valence electrons. The van der Waals surface area contributed by atoms with E-state index < -0.39 is 5.82 Å². The lowest BCUT2D eigenvalue weighted by atomic mass is 10.1. The van der Waals surface area contributed by atoms with E-state index in [0.717, 1.165) is 0 Å². The molecule has 1 heterocycles. The lowest BCUT2D eigenvalue weighted by Crippen LogP contribution is -2.53. The fourth-order valence-electron chi connectivity index (χ4n) is 2.56. The summed E-state index contributed by atoms with van der Waals surface area (Å²) >= 11 is 0. The second-order valence-electron chi connectivity index (χ2n) is 5.58. The van der Waals surface area contributed by atoms with Crippen LogP contribution in [-0.4, -0.2) is 54.4 Å². The van der Waals surface area contributed by atoms with Gasteiger partial charge in [0.1, 0.15) is 5.82 Å². The molecule has 8 heteroatoms. The van der Waals surface area contributed by atoms with Crippen LogP contribution in [0.3, 0.4) is 0 Å². The molecule has 0 radical (unpaired) electrons. The normalized spacial score (nSPS) is 14.6. The molecule has 1 fully saturated rings. The minimum Gasteiger partial charge on any atom is -0.357 e. The van der Waals surface area contributed by atoms with Gasteiger partial charge in [-0.1, -0.05) is 6.07 Å². The van der Waals surface area contributed by atoms with Gasteiger partial charge in [-0.2, -0.15) is 5.26 Å². The number of hydrogen-bond acceptors (Lipinski definition) is 3. The molecule has 6 nitrogen and oxygen atoms in total. The van der Waals surface area contributed by atoms with Crippen molar-refractivity contribution in [3.8, 4) is 6.07 Å². The third-order valence-corrected chi connectivity index (χ3v) is 3.94. The van der Waals surface area contributed by atoms with Gasteiger partial charge in [0.2, 0.25) is 5.91 Å². The van der Waals surface area contributed by atoms with Crippen LogP contribution in [0.2, 0.25) is 0 Å². The quantitative estimate of drug-likeness (QED) is 0.426. The Morgan fingerprint density at radius 1 is 1.32 bits per heavy atom. The Morgan fingerprint density at radius 3 is 2.48 bits per heavy atom. The number of aliphatic imine (C=N–C) groups is 1. The number of nitrogens with zero attached hydrogens (tertiary/aromatic N) is 4. The topological polar surface area (TPSA) is 71.7 Å². The Bertz CT molecular complexity index is 665. The molecule has 0 aliphatic carbocycles. The average molecular weight is 459 g/mol. The summed E-state index contributed by atoms with van der Waals surface area (Å²) in [5.41, 5.74) is 0.749. The molecular weight excluding hydrogens is 436 g/mol. The largest absolute Gasteiger partial charge is 0.357 e. The Morgan fingerprint density at radius 2 is 1.96 bits per heavy atom. The summed E-state index contributed by atoms with van der Waals surface area (Å²) in [6.45, 7) is 7.17. The number of rotatable bonds is 3. The van der Waals surface area contributed by atoms with Crippen molar-refractivity contribution in [3.63, 3.8) is 0 Å². The Balaban J connectivity index is 0.00000312. The summed E-state index contributed by atoms with van der Waals surface area (Å²) in [5, 5.41) is 12.0. The van der Waals surface area contributed by atoms with Gasteiger partial charge in [0.05, 0.1) is 18.2 Å². The monoisotopic (exact) mass is 459 g/mol. The van der Waals surface area contributed by atoms with Gasteiger partial charge in [0.25, 0.3) is 0 Å². The third-order valence-electron chi connectivity index (χ3n) is 3.94. The van der Waals surface area contributed by atoms with Crippen molar-refractivity contribution >= 4 is 35.8 Å². The van der Waals surface area contributed by atoms with Crippen molar-refractivity contribution in [2.45, 2.75) is 20.4 Å². The first-order valence-corrected chi connectivity index (χ1v) is 8.02. The Kier molecular flexibility index (Phi) is 8.61. The van der Waals surface area contributed by atoms with E-state index in [2.05, 4.69) is 15.2 Å². The number of carbonyl (C=O) groups is 1. The maximum absolute atomic E-state index is 14.0. The van der Waals surface area contributed by atoms with E-state index >= 15 is 0 Å². The zero-order valence-electron chi connectivity index (χ0n) is 14.5. The first kappa shape index (κ1) is 21.2. The minimum absolute atomic E-state index is 0. The molecule has 1 aromatic rings. The van der Waals surface area contributed by atoms with Gasteiger partial charge in [-0.15, -0.1) is 24.0 Å². The Hall–Kier alpha value is -1.89. The number of nitriles is 1. The van der Waals surface area contributed by atoms with Gasteiger partial charge in [-0.05, 0) is 19.1 Å². The van der Waals surface area contributed by atoms with Crippen LogP contribution in [0.25, 0.3) is 0 Å². The molecule has 2 rings (SSSR count). The van der Waals surface area contributed by atoms with E-state index in [0.29, 0.717) is 49.8 Å². The van der Waals surface area contributed by atoms with Crippen LogP contribution in [0, 0.1) is 17.1 Å². The number of amides is 1. The second kappa shape index (κ2) is 10.2. The van der Waals surface area contributed by atoms with E-state index in [9.17, 15) is 9.18 Å². The average Bonchev–Trinajstić information content (AvgIpc) is 2.59. The molecule has 1 N–H and O–H groups in total. The predicted octanol–water partition coefficient (Wildman–Crippen LogP) is 1.94. The van der Waals surface area contributed by atoms with E-state index in [1.54, 1.807) is 24.0 Å². The van der Waals surface area contributed by atoms with Gasteiger partial charge in [0, 0.05) is 45.2 Å². The summed E-state index contributed by atoms with van der Waals surface area (Å²) in [6.07, 6.45) is 0. The molecule has 0 aromatic heterocycles. The molecule has 0 saturated carbocycles. The SMILES string of the molecule is CCNC(=NCc1ccc(C#N)cc1F)N1CCN(C(C)=O)CC1.I. The van der Waals surface area contributed by atoms with Crippen molar-refractivity contribution in [3.05, 3.63) is 35.1 Å². The minimum atomic E-state index is -0.421. The van der Waals surface area contributed by atoms with E-state index in [1.807, 2.05) is 13.0 Å². The first-order valence-electron chi connectivity index (χ1n) is 8.02. The highest BCUT2D eigenvalue weighted by Gasteiger charge is 2.20.